The zero-order valence-electron chi connectivity index (χ0n) is 15.1. The fourth-order valence-corrected chi connectivity index (χ4v) is 4.04. The number of urea groups is 1. The summed E-state index contributed by atoms with van der Waals surface area (Å²) in [7, 11) is 1.56. The van der Waals surface area contributed by atoms with E-state index in [1.165, 1.54) is 34.1 Å². The maximum absolute atomic E-state index is 13.3. The zero-order chi connectivity index (χ0) is 20.9. The number of likely N-dealkylation sites (N-methyl/N-ethyl adjacent to an activating group) is 1. The van der Waals surface area contributed by atoms with Gasteiger partial charge in [-0.2, -0.15) is 0 Å². The molecule has 3 amide bonds. The SMILES string of the molecule is CN1C(=O)N[C@H](c2cccc([N+](=O)[O-])c2)C2=C1CN(c1ccc(Cl)cc1Cl)C2=O. The van der Waals surface area contributed by atoms with Gasteiger partial charge in [0.2, 0.25) is 0 Å². The molecule has 0 saturated heterocycles. The molecule has 1 atom stereocenters. The number of hydrogen-bond donors (Lipinski definition) is 1. The Morgan fingerprint density at radius 1 is 1.17 bits per heavy atom. The molecule has 2 heterocycles. The minimum Gasteiger partial charge on any atom is -0.327 e. The Balaban J connectivity index is 1.78. The topological polar surface area (TPSA) is 95.8 Å². The van der Waals surface area contributed by atoms with Gasteiger partial charge >= 0.3 is 6.03 Å². The molecule has 2 aromatic carbocycles. The Bertz CT molecular complexity index is 1100. The first kappa shape index (κ1) is 19.2. The van der Waals surface area contributed by atoms with E-state index in [1.54, 1.807) is 25.2 Å². The normalized spacial score (nSPS) is 18.8. The van der Waals surface area contributed by atoms with Gasteiger partial charge in [0, 0.05) is 24.2 Å². The second-order valence-corrected chi connectivity index (χ2v) is 7.48. The molecule has 29 heavy (non-hydrogen) atoms. The highest BCUT2D eigenvalue weighted by atomic mass is 35.5. The number of rotatable bonds is 3. The van der Waals surface area contributed by atoms with Gasteiger partial charge in [-0.05, 0) is 23.8 Å². The lowest BCUT2D eigenvalue weighted by Gasteiger charge is -2.30. The van der Waals surface area contributed by atoms with Crippen LogP contribution < -0.4 is 10.2 Å². The van der Waals surface area contributed by atoms with Gasteiger partial charge in [0.1, 0.15) is 0 Å². The van der Waals surface area contributed by atoms with Gasteiger partial charge in [0.05, 0.1) is 39.5 Å². The van der Waals surface area contributed by atoms with Gasteiger partial charge in [0.15, 0.2) is 0 Å². The van der Waals surface area contributed by atoms with Crippen LogP contribution in [-0.2, 0) is 4.79 Å². The van der Waals surface area contributed by atoms with E-state index in [2.05, 4.69) is 5.32 Å². The number of anilines is 1. The van der Waals surface area contributed by atoms with Crippen LogP contribution in [-0.4, -0.2) is 35.4 Å². The summed E-state index contributed by atoms with van der Waals surface area (Å²) < 4.78 is 0. The molecule has 0 bridgehead atoms. The average molecular weight is 433 g/mol. The minimum absolute atomic E-state index is 0.124. The molecule has 2 aliphatic heterocycles. The van der Waals surface area contributed by atoms with Crippen molar-refractivity contribution in [3.8, 4) is 0 Å². The van der Waals surface area contributed by atoms with Crippen molar-refractivity contribution >= 4 is 46.5 Å². The van der Waals surface area contributed by atoms with Crippen molar-refractivity contribution in [1.29, 1.82) is 0 Å². The number of halogens is 2. The molecule has 0 unspecified atom stereocenters. The van der Waals surface area contributed by atoms with Crippen LogP contribution >= 0.6 is 23.2 Å². The summed E-state index contributed by atoms with van der Waals surface area (Å²) in [5.74, 6) is -0.340. The van der Waals surface area contributed by atoms with Crippen molar-refractivity contribution in [2.45, 2.75) is 6.04 Å². The largest absolute Gasteiger partial charge is 0.327 e. The molecule has 148 valence electrons. The molecule has 0 saturated carbocycles. The Morgan fingerprint density at radius 3 is 2.62 bits per heavy atom. The van der Waals surface area contributed by atoms with E-state index in [4.69, 9.17) is 23.2 Å². The quantitative estimate of drug-likeness (QED) is 0.587. The number of nitrogens with one attached hydrogen (secondary N) is 1. The highest BCUT2D eigenvalue weighted by molar-refractivity contribution is 6.37. The highest BCUT2D eigenvalue weighted by Gasteiger charge is 2.44. The first-order valence-corrected chi connectivity index (χ1v) is 9.32. The fourth-order valence-electron chi connectivity index (χ4n) is 3.53. The standard InChI is InChI=1S/C19H14Cl2N4O4/c1-23-15-9-24(14-6-5-11(20)8-13(14)21)18(26)16(15)17(22-19(23)27)10-3-2-4-12(7-10)25(28)29/h2-8,17H,9H2,1H3,(H,22,27)/t17-/m1/s1. The highest BCUT2D eigenvalue weighted by Crippen LogP contribution is 2.40. The molecular weight excluding hydrogens is 419 g/mol. The van der Waals surface area contributed by atoms with Crippen molar-refractivity contribution in [3.05, 3.63) is 79.5 Å². The Hall–Kier alpha value is -3.10. The number of carbonyl (C=O) groups excluding carboxylic acids is 2. The number of amides is 3. The lowest BCUT2D eigenvalue weighted by atomic mass is 9.95. The molecule has 2 aromatic rings. The first-order valence-electron chi connectivity index (χ1n) is 8.56. The van der Waals surface area contributed by atoms with Crippen LogP contribution in [0.1, 0.15) is 11.6 Å². The van der Waals surface area contributed by atoms with Crippen LogP contribution in [0.5, 0.6) is 0 Å². The summed E-state index contributed by atoms with van der Waals surface area (Å²) >= 11 is 12.2. The van der Waals surface area contributed by atoms with Gasteiger partial charge in [-0.3, -0.25) is 19.8 Å². The van der Waals surface area contributed by atoms with Crippen LogP contribution in [0, 0.1) is 10.1 Å². The third-order valence-electron chi connectivity index (χ3n) is 4.98. The number of hydrogen-bond acceptors (Lipinski definition) is 4. The van der Waals surface area contributed by atoms with Crippen molar-refractivity contribution < 1.29 is 14.5 Å². The molecule has 4 rings (SSSR count). The van der Waals surface area contributed by atoms with Gasteiger partial charge in [-0.25, -0.2) is 4.79 Å². The molecule has 10 heteroatoms. The monoisotopic (exact) mass is 432 g/mol. The summed E-state index contributed by atoms with van der Waals surface area (Å²) in [6.07, 6.45) is 0. The molecule has 0 radical (unpaired) electrons. The maximum Gasteiger partial charge on any atom is 0.322 e. The summed E-state index contributed by atoms with van der Waals surface area (Å²) in [4.78, 5) is 39.2. The van der Waals surface area contributed by atoms with E-state index in [-0.39, 0.29) is 18.1 Å². The van der Waals surface area contributed by atoms with E-state index >= 15 is 0 Å². The minimum atomic E-state index is -0.808. The van der Waals surface area contributed by atoms with Crippen LogP contribution in [0.25, 0.3) is 0 Å². The second-order valence-electron chi connectivity index (χ2n) is 6.64. The van der Waals surface area contributed by atoms with E-state index in [0.717, 1.165) is 0 Å². The third-order valence-corrected chi connectivity index (χ3v) is 5.51. The molecule has 1 N–H and O–H groups in total. The van der Waals surface area contributed by atoms with Crippen LogP contribution in [0.3, 0.4) is 0 Å². The predicted octanol–water partition coefficient (Wildman–Crippen LogP) is 3.90. The fraction of sp³-hybridized carbons (Fsp3) is 0.158. The number of benzene rings is 2. The summed E-state index contributed by atoms with van der Waals surface area (Å²) in [6, 6.07) is 9.45. The molecule has 0 aliphatic carbocycles. The van der Waals surface area contributed by atoms with Crippen LogP contribution in [0.4, 0.5) is 16.2 Å². The van der Waals surface area contributed by atoms with Crippen molar-refractivity contribution in [2.75, 3.05) is 18.5 Å². The molecule has 8 nitrogen and oxygen atoms in total. The molecule has 0 aromatic heterocycles. The van der Waals surface area contributed by atoms with E-state index in [0.29, 0.717) is 32.6 Å². The Kier molecular flexibility index (Phi) is 4.68. The predicted molar refractivity (Wildman–Crippen MR) is 108 cm³/mol. The van der Waals surface area contributed by atoms with Crippen molar-refractivity contribution in [2.24, 2.45) is 0 Å². The van der Waals surface area contributed by atoms with Gasteiger partial charge < -0.3 is 10.2 Å². The number of carbonyl (C=O) groups is 2. The third kappa shape index (κ3) is 3.20. The Morgan fingerprint density at radius 2 is 1.93 bits per heavy atom. The van der Waals surface area contributed by atoms with Crippen molar-refractivity contribution in [1.82, 2.24) is 10.2 Å². The smallest absolute Gasteiger partial charge is 0.322 e. The first-order chi connectivity index (χ1) is 13.8. The molecule has 0 spiro atoms. The van der Waals surface area contributed by atoms with E-state index in [1.807, 2.05) is 0 Å². The van der Waals surface area contributed by atoms with Gasteiger partial charge in [-0.15, -0.1) is 0 Å². The number of nitro groups is 1. The van der Waals surface area contributed by atoms with E-state index in [9.17, 15) is 19.7 Å². The van der Waals surface area contributed by atoms with Gasteiger partial charge in [0.25, 0.3) is 11.6 Å². The number of non-ortho nitro benzene ring substituents is 1. The molecular formula is C19H14Cl2N4O4. The van der Waals surface area contributed by atoms with Crippen molar-refractivity contribution in [3.63, 3.8) is 0 Å². The van der Waals surface area contributed by atoms with Crippen LogP contribution in [0.15, 0.2) is 53.7 Å². The zero-order valence-corrected chi connectivity index (χ0v) is 16.6. The number of nitro benzene ring substituents is 1. The van der Waals surface area contributed by atoms with E-state index < -0.39 is 17.0 Å². The second kappa shape index (κ2) is 7.06. The molecule has 2 aliphatic rings. The Labute approximate surface area is 175 Å². The van der Waals surface area contributed by atoms with Crippen LogP contribution in [0.2, 0.25) is 10.0 Å². The lowest BCUT2D eigenvalue weighted by molar-refractivity contribution is -0.384. The number of nitrogens with zero attached hydrogens (tertiary/aromatic N) is 3. The molecule has 0 fully saturated rings. The average Bonchev–Trinajstić information content (AvgIpc) is 3.02. The summed E-state index contributed by atoms with van der Waals surface area (Å²) in [6.45, 7) is 0.144. The summed E-state index contributed by atoms with van der Waals surface area (Å²) in [5, 5.41) is 14.6. The van der Waals surface area contributed by atoms with Gasteiger partial charge in [-0.1, -0.05) is 35.3 Å². The maximum atomic E-state index is 13.3. The lowest BCUT2D eigenvalue weighted by Crippen LogP contribution is -2.45. The summed E-state index contributed by atoms with van der Waals surface area (Å²) in [5.41, 5.74) is 1.65.